The largest absolute Gasteiger partial charge is 0.504 e. The molecule has 0 radical (unpaired) electrons. The molecule has 0 aliphatic heterocycles. The lowest BCUT2D eigenvalue weighted by molar-refractivity contribution is -0.137. The standard InChI is InChI=1S/C25H32O4/c26-23-17-15-22(20-24(23)27)16-18-25(28)29-19-11-6-4-2-1-3-5-8-12-21-13-9-7-10-14-21/h7,9-10,13-18,20,26-27H,1-6,8,11-12,19H2. The highest BCUT2D eigenvalue weighted by Crippen LogP contribution is 2.25. The number of rotatable bonds is 13. The Kier molecular flexibility index (Phi) is 10.4. The molecule has 2 aromatic rings. The number of unbranched alkanes of at least 4 members (excludes halogenated alkanes) is 7. The van der Waals surface area contributed by atoms with Crippen LogP contribution in [0.5, 0.6) is 11.5 Å². The van der Waals surface area contributed by atoms with Crippen LogP contribution in [0, 0.1) is 0 Å². The Bertz CT molecular complexity index is 753. The van der Waals surface area contributed by atoms with Gasteiger partial charge in [0.15, 0.2) is 11.5 Å². The maximum absolute atomic E-state index is 11.7. The van der Waals surface area contributed by atoms with E-state index in [1.54, 1.807) is 12.1 Å². The predicted molar refractivity (Wildman–Crippen MR) is 117 cm³/mol. The molecule has 2 rings (SSSR count). The number of benzene rings is 2. The number of carbonyl (C=O) groups excluding carboxylic acids is 1. The second kappa shape index (κ2) is 13.4. The van der Waals surface area contributed by atoms with E-state index < -0.39 is 5.97 Å². The van der Waals surface area contributed by atoms with E-state index in [1.165, 1.54) is 68.7 Å². The van der Waals surface area contributed by atoms with Gasteiger partial charge in [-0.15, -0.1) is 0 Å². The minimum atomic E-state index is -0.393. The molecule has 0 amide bonds. The van der Waals surface area contributed by atoms with Gasteiger partial charge in [0.1, 0.15) is 0 Å². The van der Waals surface area contributed by atoms with Crippen molar-refractivity contribution in [2.45, 2.75) is 57.8 Å². The number of aromatic hydroxyl groups is 2. The second-order valence-electron chi connectivity index (χ2n) is 7.31. The van der Waals surface area contributed by atoms with Gasteiger partial charge >= 0.3 is 5.97 Å². The van der Waals surface area contributed by atoms with Gasteiger partial charge < -0.3 is 14.9 Å². The molecule has 4 nitrogen and oxygen atoms in total. The van der Waals surface area contributed by atoms with Crippen LogP contribution in [0.15, 0.2) is 54.6 Å². The van der Waals surface area contributed by atoms with E-state index in [0.29, 0.717) is 12.2 Å². The van der Waals surface area contributed by atoms with Crippen LogP contribution < -0.4 is 0 Å². The fraction of sp³-hybridized carbons (Fsp3) is 0.400. The number of carbonyl (C=O) groups is 1. The van der Waals surface area contributed by atoms with E-state index in [4.69, 9.17) is 4.74 Å². The van der Waals surface area contributed by atoms with Crippen LogP contribution in [0.1, 0.15) is 62.5 Å². The molecule has 0 aromatic heterocycles. The minimum absolute atomic E-state index is 0.183. The SMILES string of the molecule is O=C(C=Cc1ccc(O)c(O)c1)OCCCCCCCCCCc1ccccc1. The van der Waals surface area contributed by atoms with Gasteiger partial charge in [-0.1, -0.05) is 74.9 Å². The summed E-state index contributed by atoms with van der Waals surface area (Å²) >= 11 is 0. The van der Waals surface area contributed by atoms with Crippen LogP contribution in [0.2, 0.25) is 0 Å². The van der Waals surface area contributed by atoms with Gasteiger partial charge in [-0.2, -0.15) is 0 Å². The number of hydrogen-bond donors (Lipinski definition) is 2. The molecule has 2 aromatic carbocycles. The molecule has 0 fully saturated rings. The zero-order valence-corrected chi connectivity index (χ0v) is 17.1. The lowest BCUT2D eigenvalue weighted by Gasteiger charge is -2.04. The van der Waals surface area contributed by atoms with Crippen molar-refractivity contribution in [3.05, 3.63) is 65.7 Å². The molecule has 156 valence electrons. The number of hydrogen-bond acceptors (Lipinski definition) is 4. The molecule has 0 spiro atoms. The summed E-state index contributed by atoms with van der Waals surface area (Å²) in [6, 6.07) is 15.0. The summed E-state index contributed by atoms with van der Waals surface area (Å²) in [5, 5.41) is 18.7. The van der Waals surface area contributed by atoms with E-state index in [0.717, 1.165) is 12.8 Å². The Hall–Kier alpha value is -2.75. The first-order chi connectivity index (χ1) is 14.1. The molecule has 4 heteroatoms. The highest BCUT2D eigenvalue weighted by atomic mass is 16.5. The molecule has 0 heterocycles. The summed E-state index contributed by atoms with van der Waals surface area (Å²) in [5.41, 5.74) is 2.05. The summed E-state index contributed by atoms with van der Waals surface area (Å²) in [7, 11) is 0. The fourth-order valence-electron chi connectivity index (χ4n) is 3.17. The number of aryl methyl sites for hydroxylation is 1. The third kappa shape index (κ3) is 9.84. The average molecular weight is 397 g/mol. The van der Waals surface area contributed by atoms with Crippen molar-refractivity contribution < 1.29 is 19.7 Å². The van der Waals surface area contributed by atoms with Crippen molar-refractivity contribution in [1.82, 2.24) is 0 Å². The predicted octanol–water partition coefficient (Wildman–Crippen LogP) is 6.02. The molecule has 0 saturated heterocycles. The van der Waals surface area contributed by atoms with Gasteiger partial charge in [0.25, 0.3) is 0 Å². The van der Waals surface area contributed by atoms with Crippen LogP contribution in [-0.4, -0.2) is 22.8 Å². The van der Waals surface area contributed by atoms with Crippen molar-refractivity contribution in [2.24, 2.45) is 0 Å². The van der Waals surface area contributed by atoms with Gasteiger partial charge in [-0.3, -0.25) is 0 Å². The molecule has 0 saturated carbocycles. The summed E-state index contributed by atoms with van der Waals surface area (Å²) in [5.74, 6) is -0.787. The van der Waals surface area contributed by atoms with Crippen LogP contribution in [-0.2, 0) is 16.0 Å². The van der Waals surface area contributed by atoms with Crippen LogP contribution in [0.4, 0.5) is 0 Å². The fourth-order valence-corrected chi connectivity index (χ4v) is 3.17. The van der Waals surface area contributed by atoms with Gasteiger partial charge in [-0.25, -0.2) is 4.79 Å². The Labute approximate surface area is 173 Å². The van der Waals surface area contributed by atoms with Crippen molar-refractivity contribution in [3.63, 3.8) is 0 Å². The lowest BCUT2D eigenvalue weighted by Crippen LogP contribution is -2.02. The molecule has 2 N–H and O–H groups in total. The Morgan fingerprint density at radius 2 is 1.45 bits per heavy atom. The highest BCUT2D eigenvalue weighted by Gasteiger charge is 2.00. The summed E-state index contributed by atoms with van der Waals surface area (Å²) in [6.45, 7) is 0.432. The van der Waals surface area contributed by atoms with E-state index in [9.17, 15) is 15.0 Å². The van der Waals surface area contributed by atoms with Gasteiger partial charge in [0, 0.05) is 6.08 Å². The quantitative estimate of drug-likeness (QED) is 0.188. The molecule has 0 aliphatic carbocycles. The maximum atomic E-state index is 11.7. The van der Waals surface area contributed by atoms with Gasteiger partial charge in [-0.05, 0) is 48.6 Å². The number of esters is 1. The monoisotopic (exact) mass is 396 g/mol. The maximum Gasteiger partial charge on any atom is 0.330 e. The third-order valence-electron chi connectivity index (χ3n) is 4.86. The van der Waals surface area contributed by atoms with Gasteiger partial charge in [0.2, 0.25) is 0 Å². The van der Waals surface area contributed by atoms with E-state index in [1.807, 2.05) is 0 Å². The van der Waals surface area contributed by atoms with E-state index in [2.05, 4.69) is 30.3 Å². The zero-order valence-electron chi connectivity index (χ0n) is 17.1. The first kappa shape index (κ1) is 22.5. The highest BCUT2D eigenvalue weighted by molar-refractivity contribution is 5.87. The molecule has 0 aliphatic rings. The van der Waals surface area contributed by atoms with Crippen LogP contribution in [0.3, 0.4) is 0 Å². The lowest BCUT2D eigenvalue weighted by atomic mass is 10.0. The topological polar surface area (TPSA) is 66.8 Å². The Morgan fingerprint density at radius 3 is 2.14 bits per heavy atom. The number of phenolic OH excluding ortho intramolecular Hbond substituents is 2. The zero-order chi connectivity index (χ0) is 20.7. The van der Waals surface area contributed by atoms with Crippen molar-refractivity contribution in [1.29, 1.82) is 0 Å². The van der Waals surface area contributed by atoms with E-state index in [-0.39, 0.29) is 11.5 Å². The normalized spacial score (nSPS) is 11.0. The first-order valence-corrected chi connectivity index (χ1v) is 10.6. The number of ether oxygens (including phenoxy) is 1. The van der Waals surface area contributed by atoms with Crippen molar-refractivity contribution >= 4 is 12.0 Å². The van der Waals surface area contributed by atoms with Crippen LogP contribution >= 0.6 is 0 Å². The first-order valence-electron chi connectivity index (χ1n) is 10.6. The molecular formula is C25H32O4. The smallest absolute Gasteiger partial charge is 0.330 e. The third-order valence-corrected chi connectivity index (χ3v) is 4.86. The second-order valence-corrected chi connectivity index (χ2v) is 7.31. The summed E-state index contributed by atoms with van der Waals surface area (Å²) in [6.07, 6.45) is 13.6. The minimum Gasteiger partial charge on any atom is -0.504 e. The van der Waals surface area contributed by atoms with Crippen molar-refractivity contribution in [2.75, 3.05) is 6.61 Å². The molecule has 0 bridgehead atoms. The number of phenols is 2. The Morgan fingerprint density at radius 1 is 0.793 bits per heavy atom. The average Bonchev–Trinajstić information content (AvgIpc) is 2.73. The molecule has 0 atom stereocenters. The van der Waals surface area contributed by atoms with E-state index >= 15 is 0 Å². The van der Waals surface area contributed by atoms with Gasteiger partial charge in [0.05, 0.1) is 6.61 Å². The molecule has 29 heavy (non-hydrogen) atoms. The Balaban J connectivity index is 1.42. The summed E-state index contributed by atoms with van der Waals surface area (Å²) < 4.78 is 5.18. The van der Waals surface area contributed by atoms with Crippen molar-refractivity contribution in [3.8, 4) is 11.5 Å². The molecular weight excluding hydrogens is 364 g/mol. The molecule has 0 unspecified atom stereocenters. The summed E-state index contributed by atoms with van der Waals surface area (Å²) in [4.78, 5) is 11.7. The van der Waals surface area contributed by atoms with Crippen LogP contribution in [0.25, 0.3) is 6.08 Å².